The smallest absolute Gasteiger partial charge is 0.225 e. The molecule has 1 saturated carbocycles. The largest absolute Gasteiger partial charge is 0.343 e. The normalized spacial score (nSPS) is 16.8. The lowest BCUT2D eigenvalue weighted by molar-refractivity contribution is -0.138. The fourth-order valence-electron chi connectivity index (χ4n) is 1.62. The van der Waals surface area contributed by atoms with Crippen LogP contribution in [0.3, 0.4) is 0 Å². The first-order chi connectivity index (χ1) is 6.29. The number of carbonyl (C=O) groups excluding carboxylic acids is 1. The van der Waals surface area contributed by atoms with Gasteiger partial charge in [-0.25, -0.2) is 0 Å². The highest BCUT2D eigenvalue weighted by Crippen LogP contribution is 2.28. The van der Waals surface area contributed by atoms with E-state index in [1.807, 2.05) is 11.8 Å². The van der Waals surface area contributed by atoms with Gasteiger partial charge in [0.25, 0.3) is 0 Å². The highest BCUT2D eigenvalue weighted by Gasteiger charge is 2.28. The molecular weight excluding hydrogens is 164 g/mol. The number of nitrogens with two attached hydrogens (primary N) is 1. The molecule has 0 bridgehead atoms. The molecule has 2 N–H and O–H groups in total. The molecule has 0 aromatic carbocycles. The molecule has 0 radical (unpaired) electrons. The molecule has 0 saturated heterocycles. The third kappa shape index (κ3) is 2.69. The molecule has 1 fully saturated rings. The van der Waals surface area contributed by atoms with Crippen molar-refractivity contribution in [3.05, 3.63) is 0 Å². The van der Waals surface area contributed by atoms with Crippen molar-refractivity contribution in [2.75, 3.05) is 19.6 Å². The summed E-state index contributed by atoms with van der Waals surface area (Å²) in [7, 11) is 0. The second-order valence-electron chi connectivity index (χ2n) is 3.69. The molecule has 0 atom stereocenters. The average molecular weight is 184 g/mol. The number of rotatable bonds is 5. The first-order valence-corrected chi connectivity index (χ1v) is 5.28. The number of nitrogens with zero attached hydrogens (tertiary/aromatic N) is 1. The van der Waals surface area contributed by atoms with E-state index in [0.717, 1.165) is 32.4 Å². The minimum atomic E-state index is 0.331. The summed E-state index contributed by atoms with van der Waals surface area (Å²) in [6, 6.07) is 0. The van der Waals surface area contributed by atoms with E-state index in [2.05, 4.69) is 0 Å². The van der Waals surface area contributed by atoms with E-state index in [0.29, 0.717) is 18.4 Å². The average Bonchev–Trinajstić information content (AvgIpc) is 2.02. The maximum atomic E-state index is 11.7. The zero-order valence-corrected chi connectivity index (χ0v) is 8.46. The van der Waals surface area contributed by atoms with E-state index >= 15 is 0 Å². The molecule has 0 aromatic rings. The van der Waals surface area contributed by atoms with Crippen LogP contribution < -0.4 is 5.73 Å². The van der Waals surface area contributed by atoms with Gasteiger partial charge in [-0.3, -0.25) is 4.79 Å². The molecule has 1 rings (SSSR count). The van der Waals surface area contributed by atoms with E-state index in [-0.39, 0.29) is 0 Å². The second-order valence-corrected chi connectivity index (χ2v) is 3.69. The Morgan fingerprint density at radius 3 is 2.62 bits per heavy atom. The molecule has 1 aliphatic rings. The van der Waals surface area contributed by atoms with Gasteiger partial charge in [-0.15, -0.1) is 0 Å². The lowest BCUT2D eigenvalue weighted by Crippen LogP contribution is -2.39. The maximum Gasteiger partial charge on any atom is 0.225 e. The Balaban J connectivity index is 2.30. The highest BCUT2D eigenvalue weighted by atomic mass is 16.2. The molecule has 13 heavy (non-hydrogen) atoms. The lowest BCUT2D eigenvalue weighted by Gasteiger charge is -2.30. The molecule has 3 nitrogen and oxygen atoms in total. The topological polar surface area (TPSA) is 46.3 Å². The molecule has 76 valence electrons. The molecule has 0 aromatic heterocycles. The summed E-state index contributed by atoms with van der Waals surface area (Å²) in [6.07, 6.45) is 4.34. The zero-order chi connectivity index (χ0) is 9.68. The van der Waals surface area contributed by atoms with Gasteiger partial charge >= 0.3 is 0 Å². The van der Waals surface area contributed by atoms with Crippen molar-refractivity contribution in [2.45, 2.75) is 32.6 Å². The van der Waals surface area contributed by atoms with Gasteiger partial charge in [-0.1, -0.05) is 6.42 Å². The third-order valence-corrected chi connectivity index (χ3v) is 2.78. The van der Waals surface area contributed by atoms with Gasteiger partial charge in [0.15, 0.2) is 0 Å². The Morgan fingerprint density at radius 2 is 2.23 bits per heavy atom. The van der Waals surface area contributed by atoms with Gasteiger partial charge in [0.2, 0.25) is 5.91 Å². The minimum absolute atomic E-state index is 0.331. The van der Waals surface area contributed by atoms with Crippen LogP contribution in [0.5, 0.6) is 0 Å². The van der Waals surface area contributed by atoms with Gasteiger partial charge in [-0.2, -0.15) is 0 Å². The van der Waals surface area contributed by atoms with Gasteiger partial charge < -0.3 is 10.6 Å². The molecule has 1 aliphatic carbocycles. The SMILES string of the molecule is CCN(CCCN)C(=O)C1CCC1. The molecular formula is C10H20N2O. The number of hydrogen-bond donors (Lipinski definition) is 1. The third-order valence-electron chi connectivity index (χ3n) is 2.78. The summed E-state index contributed by atoms with van der Waals surface area (Å²) in [5.41, 5.74) is 5.42. The lowest BCUT2D eigenvalue weighted by atomic mass is 9.84. The van der Waals surface area contributed by atoms with E-state index in [1.54, 1.807) is 0 Å². The Morgan fingerprint density at radius 1 is 1.54 bits per heavy atom. The molecule has 0 aliphatic heterocycles. The van der Waals surface area contributed by atoms with Crippen LogP contribution in [-0.2, 0) is 4.79 Å². The predicted molar refractivity (Wildman–Crippen MR) is 53.3 cm³/mol. The van der Waals surface area contributed by atoms with Crippen molar-refractivity contribution in [3.8, 4) is 0 Å². The molecule has 0 unspecified atom stereocenters. The van der Waals surface area contributed by atoms with Crippen molar-refractivity contribution in [3.63, 3.8) is 0 Å². The van der Waals surface area contributed by atoms with Crippen LogP contribution in [-0.4, -0.2) is 30.4 Å². The van der Waals surface area contributed by atoms with Crippen LogP contribution in [0.15, 0.2) is 0 Å². The quantitative estimate of drug-likeness (QED) is 0.692. The molecule has 0 spiro atoms. The van der Waals surface area contributed by atoms with E-state index < -0.39 is 0 Å². The number of carbonyl (C=O) groups is 1. The summed E-state index contributed by atoms with van der Waals surface area (Å²) < 4.78 is 0. The van der Waals surface area contributed by atoms with E-state index in [9.17, 15) is 4.79 Å². The maximum absolute atomic E-state index is 11.7. The van der Waals surface area contributed by atoms with Crippen molar-refractivity contribution < 1.29 is 4.79 Å². The first-order valence-electron chi connectivity index (χ1n) is 5.28. The Kier molecular flexibility index (Phi) is 4.22. The van der Waals surface area contributed by atoms with Crippen molar-refractivity contribution in [1.82, 2.24) is 4.90 Å². The van der Waals surface area contributed by atoms with Crippen molar-refractivity contribution in [2.24, 2.45) is 11.7 Å². The number of hydrogen-bond acceptors (Lipinski definition) is 2. The first kappa shape index (κ1) is 10.5. The van der Waals surface area contributed by atoms with Crippen LogP contribution in [0.25, 0.3) is 0 Å². The van der Waals surface area contributed by atoms with Crippen LogP contribution in [0, 0.1) is 5.92 Å². The van der Waals surface area contributed by atoms with Crippen LogP contribution in [0.4, 0.5) is 0 Å². The number of amides is 1. The molecule has 1 amide bonds. The highest BCUT2D eigenvalue weighted by molar-refractivity contribution is 5.79. The summed E-state index contributed by atoms with van der Waals surface area (Å²) in [4.78, 5) is 13.7. The Hall–Kier alpha value is -0.570. The molecule has 3 heteroatoms. The van der Waals surface area contributed by atoms with E-state index in [4.69, 9.17) is 5.73 Å². The standard InChI is InChI=1S/C10H20N2O/c1-2-12(8-4-7-11)10(13)9-5-3-6-9/h9H,2-8,11H2,1H3. The van der Waals surface area contributed by atoms with Crippen molar-refractivity contribution >= 4 is 5.91 Å². The second kappa shape index (κ2) is 5.22. The van der Waals surface area contributed by atoms with Crippen molar-refractivity contribution in [1.29, 1.82) is 0 Å². The summed E-state index contributed by atoms with van der Waals surface area (Å²) in [6.45, 7) is 4.37. The van der Waals surface area contributed by atoms with Crippen LogP contribution in [0.1, 0.15) is 32.6 Å². The Bertz CT molecular complexity index is 166. The predicted octanol–water partition coefficient (Wildman–Crippen LogP) is 0.984. The van der Waals surface area contributed by atoms with E-state index in [1.165, 1.54) is 6.42 Å². The minimum Gasteiger partial charge on any atom is -0.343 e. The summed E-state index contributed by atoms with van der Waals surface area (Å²) in [5, 5.41) is 0. The van der Waals surface area contributed by atoms with Gasteiger partial charge in [-0.05, 0) is 32.7 Å². The fraction of sp³-hybridized carbons (Fsp3) is 0.900. The fourth-order valence-corrected chi connectivity index (χ4v) is 1.62. The van der Waals surface area contributed by atoms with Gasteiger partial charge in [0.1, 0.15) is 0 Å². The van der Waals surface area contributed by atoms with Crippen LogP contribution in [0.2, 0.25) is 0 Å². The Labute approximate surface area is 80.3 Å². The molecule has 0 heterocycles. The van der Waals surface area contributed by atoms with Gasteiger partial charge in [0.05, 0.1) is 0 Å². The zero-order valence-electron chi connectivity index (χ0n) is 8.46. The summed E-state index contributed by atoms with van der Waals surface area (Å²) >= 11 is 0. The summed E-state index contributed by atoms with van der Waals surface area (Å²) in [5.74, 6) is 0.680. The van der Waals surface area contributed by atoms with Gasteiger partial charge in [0, 0.05) is 19.0 Å². The monoisotopic (exact) mass is 184 g/mol. The van der Waals surface area contributed by atoms with Crippen LogP contribution >= 0.6 is 0 Å².